The van der Waals surface area contributed by atoms with Crippen LogP contribution < -0.4 is 5.32 Å². The number of carboxylic acids is 1. The van der Waals surface area contributed by atoms with Gasteiger partial charge in [0.05, 0.1) is 0 Å². The van der Waals surface area contributed by atoms with E-state index in [0.717, 1.165) is 11.1 Å². The Hall–Kier alpha value is -2.70. The van der Waals surface area contributed by atoms with Crippen molar-refractivity contribution in [1.82, 2.24) is 20.2 Å². The van der Waals surface area contributed by atoms with Crippen LogP contribution in [0.5, 0.6) is 0 Å². The molecule has 1 aromatic heterocycles. The number of benzene rings is 1. The number of tetrazole rings is 1. The topological polar surface area (TPSA) is 92.9 Å². The van der Waals surface area contributed by atoms with Crippen LogP contribution in [0.3, 0.4) is 0 Å². The molecule has 2 aromatic rings. The highest BCUT2D eigenvalue weighted by Gasteiger charge is 2.26. The summed E-state index contributed by atoms with van der Waals surface area (Å²) in [6, 6.07) is 7.49. The first-order valence-corrected chi connectivity index (χ1v) is 5.72. The van der Waals surface area contributed by atoms with Crippen LogP contribution in [0.15, 0.2) is 36.0 Å². The average Bonchev–Trinajstić information content (AvgIpc) is 2.86. The lowest BCUT2D eigenvalue weighted by atomic mass is 10.0. The van der Waals surface area contributed by atoms with E-state index < -0.39 is 5.97 Å². The van der Waals surface area contributed by atoms with Crippen molar-refractivity contribution in [3.63, 3.8) is 0 Å². The monoisotopic (exact) mass is 257 g/mol. The van der Waals surface area contributed by atoms with Crippen molar-refractivity contribution in [3.8, 4) is 0 Å². The summed E-state index contributed by atoms with van der Waals surface area (Å²) in [7, 11) is 0. The van der Waals surface area contributed by atoms with Crippen molar-refractivity contribution >= 4 is 11.9 Å². The fraction of sp³-hybridized carbons (Fsp3) is 0.167. The first-order chi connectivity index (χ1) is 9.15. The number of aromatic nitrogens is 4. The van der Waals surface area contributed by atoms with Gasteiger partial charge in [0.25, 0.3) is 0 Å². The Labute approximate surface area is 108 Å². The van der Waals surface area contributed by atoms with Crippen molar-refractivity contribution in [3.05, 3.63) is 47.2 Å². The highest BCUT2D eigenvalue weighted by molar-refractivity contribution is 5.90. The molecule has 0 saturated heterocycles. The molecule has 0 fully saturated rings. The van der Waals surface area contributed by atoms with Crippen LogP contribution in [0.25, 0.3) is 0 Å². The van der Waals surface area contributed by atoms with Crippen molar-refractivity contribution in [2.75, 3.05) is 5.32 Å². The molecule has 7 nitrogen and oxygen atoms in total. The van der Waals surface area contributed by atoms with E-state index in [0.29, 0.717) is 5.95 Å². The highest BCUT2D eigenvalue weighted by atomic mass is 16.4. The van der Waals surface area contributed by atoms with Crippen LogP contribution in [0, 0.1) is 6.92 Å². The van der Waals surface area contributed by atoms with Gasteiger partial charge in [0, 0.05) is 0 Å². The average molecular weight is 257 g/mol. The summed E-state index contributed by atoms with van der Waals surface area (Å²) < 4.78 is 1.55. The minimum atomic E-state index is -1.04. The summed E-state index contributed by atoms with van der Waals surface area (Å²) in [5.74, 6) is -0.711. The van der Waals surface area contributed by atoms with E-state index in [9.17, 15) is 4.79 Å². The molecule has 0 saturated carbocycles. The van der Waals surface area contributed by atoms with Crippen molar-refractivity contribution in [2.24, 2.45) is 0 Å². The molecule has 1 aliphatic heterocycles. The minimum absolute atomic E-state index is 0.0767. The lowest BCUT2D eigenvalue weighted by Gasteiger charge is -2.21. The van der Waals surface area contributed by atoms with Gasteiger partial charge in [0.2, 0.25) is 5.95 Å². The van der Waals surface area contributed by atoms with E-state index >= 15 is 0 Å². The molecule has 1 aliphatic rings. The Balaban J connectivity index is 2.09. The Morgan fingerprint density at radius 2 is 2.11 bits per heavy atom. The maximum absolute atomic E-state index is 11.1. The van der Waals surface area contributed by atoms with Crippen molar-refractivity contribution in [1.29, 1.82) is 0 Å². The quantitative estimate of drug-likeness (QED) is 0.832. The van der Waals surface area contributed by atoms with E-state index in [2.05, 4.69) is 20.8 Å². The molecule has 0 aliphatic carbocycles. The fourth-order valence-electron chi connectivity index (χ4n) is 1.98. The molecule has 0 unspecified atom stereocenters. The summed E-state index contributed by atoms with van der Waals surface area (Å²) in [6.45, 7) is 1.99. The maximum Gasteiger partial charge on any atom is 0.352 e. The molecule has 0 amide bonds. The number of carbonyl (C=O) groups is 1. The van der Waals surface area contributed by atoms with E-state index in [-0.39, 0.29) is 11.7 Å². The number of nitrogens with zero attached hydrogens (tertiary/aromatic N) is 4. The highest BCUT2D eigenvalue weighted by Crippen LogP contribution is 2.27. The lowest BCUT2D eigenvalue weighted by Crippen LogP contribution is -2.24. The molecule has 1 atom stereocenters. The van der Waals surface area contributed by atoms with Gasteiger partial charge in [-0.3, -0.25) is 0 Å². The number of nitrogens with one attached hydrogen (secondary N) is 1. The molecule has 3 rings (SSSR count). The Morgan fingerprint density at radius 3 is 2.79 bits per heavy atom. The van der Waals surface area contributed by atoms with Gasteiger partial charge < -0.3 is 10.4 Å². The van der Waals surface area contributed by atoms with Crippen LogP contribution in [0.4, 0.5) is 5.95 Å². The van der Waals surface area contributed by atoms with Gasteiger partial charge in [-0.2, -0.15) is 4.68 Å². The second-order valence-corrected chi connectivity index (χ2v) is 4.31. The maximum atomic E-state index is 11.1. The second kappa shape index (κ2) is 4.20. The fourth-order valence-corrected chi connectivity index (χ4v) is 1.98. The van der Waals surface area contributed by atoms with Gasteiger partial charge in [-0.15, -0.1) is 0 Å². The zero-order valence-corrected chi connectivity index (χ0v) is 10.1. The number of rotatable bonds is 2. The first-order valence-electron chi connectivity index (χ1n) is 5.72. The molecule has 0 radical (unpaired) electrons. The van der Waals surface area contributed by atoms with Crippen LogP contribution in [0.2, 0.25) is 0 Å². The van der Waals surface area contributed by atoms with E-state index in [4.69, 9.17) is 5.11 Å². The van der Waals surface area contributed by atoms with Crippen LogP contribution in [-0.4, -0.2) is 31.3 Å². The normalized spacial score (nSPS) is 17.3. The molecule has 2 N–H and O–H groups in total. The largest absolute Gasteiger partial charge is 0.477 e. The number of carboxylic acid groups (broad SMARTS) is 1. The van der Waals surface area contributed by atoms with Gasteiger partial charge >= 0.3 is 5.97 Å². The lowest BCUT2D eigenvalue weighted by molar-refractivity contribution is -0.132. The summed E-state index contributed by atoms with van der Waals surface area (Å²) in [5, 5.41) is 23.0. The molecule has 19 heavy (non-hydrogen) atoms. The number of hydrogen-bond acceptors (Lipinski definition) is 5. The Morgan fingerprint density at radius 1 is 1.37 bits per heavy atom. The van der Waals surface area contributed by atoms with E-state index in [1.165, 1.54) is 0 Å². The summed E-state index contributed by atoms with van der Waals surface area (Å²) in [5.41, 5.74) is 2.14. The van der Waals surface area contributed by atoms with Gasteiger partial charge in [0.1, 0.15) is 11.7 Å². The molecule has 1 aromatic carbocycles. The molecule has 0 bridgehead atoms. The molecule has 0 spiro atoms. The summed E-state index contributed by atoms with van der Waals surface area (Å²) in [4.78, 5) is 11.1. The number of aliphatic carboxylic acids is 1. The third kappa shape index (κ3) is 1.95. The number of anilines is 1. The van der Waals surface area contributed by atoms with Crippen molar-refractivity contribution in [2.45, 2.75) is 13.0 Å². The summed E-state index contributed by atoms with van der Waals surface area (Å²) >= 11 is 0. The molecular weight excluding hydrogens is 246 g/mol. The predicted molar refractivity (Wildman–Crippen MR) is 66.5 cm³/mol. The molecular formula is C12H11N5O2. The van der Waals surface area contributed by atoms with Gasteiger partial charge in [-0.25, -0.2) is 4.79 Å². The second-order valence-electron chi connectivity index (χ2n) is 4.31. The first kappa shape index (κ1) is 11.4. The molecule has 7 heteroatoms. The third-order valence-electron chi connectivity index (χ3n) is 2.98. The number of allylic oxidation sites excluding steroid dienone is 1. The zero-order chi connectivity index (χ0) is 13.4. The number of hydrogen-bond donors (Lipinski definition) is 2. The van der Waals surface area contributed by atoms with Gasteiger partial charge in [-0.05, 0) is 29.0 Å². The predicted octanol–water partition coefficient (Wildman–Crippen LogP) is 0.965. The third-order valence-corrected chi connectivity index (χ3v) is 2.98. The van der Waals surface area contributed by atoms with Crippen LogP contribution in [0.1, 0.15) is 17.2 Å². The van der Waals surface area contributed by atoms with Crippen LogP contribution >= 0.6 is 0 Å². The van der Waals surface area contributed by atoms with E-state index in [1.807, 2.05) is 31.2 Å². The number of fused-ring (bicyclic) bond motifs is 1. The van der Waals surface area contributed by atoms with Gasteiger partial charge in [-0.1, -0.05) is 34.9 Å². The Bertz CT molecular complexity index is 659. The van der Waals surface area contributed by atoms with Gasteiger partial charge in [0.15, 0.2) is 0 Å². The smallest absolute Gasteiger partial charge is 0.352 e. The molecule has 96 valence electrons. The minimum Gasteiger partial charge on any atom is -0.477 e. The number of aryl methyl sites for hydroxylation is 1. The SMILES string of the molecule is Cc1ccc([C@H]2C=C(C(=O)O)Nc3nnnn32)cc1. The van der Waals surface area contributed by atoms with Crippen molar-refractivity contribution < 1.29 is 9.90 Å². The Kier molecular flexibility index (Phi) is 2.52. The standard InChI is InChI=1S/C12H11N5O2/c1-7-2-4-8(5-3-7)10-6-9(11(18)19)13-12-14-15-16-17(10)12/h2-6,10H,1H3,(H,18,19)(H,13,14,16)/t10-/m1/s1. The molecule has 2 heterocycles. The summed E-state index contributed by atoms with van der Waals surface area (Å²) in [6.07, 6.45) is 1.59. The van der Waals surface area contributed by atoms with E-state index in [1.54, 1.807) is 10.8 Å². The van der Waals surface area contributed by atoms with Crippen LogP contribution in [-0.2, 0) is 4.79 Å². The zero-order valence-electron chi connectivity index (χ0n) is 10.1.